The fourth-order valence-corrected chi connectivity index (χ4v) is 9.35. The first-order valence-electron chi connectivity index (χ1n) is 17.7. The predicted octanol–water partition coefficient (Wildman–Crippen LogP) is 13.1. The van der Waals surface area contributed by atoms with E-state index < -0.39 is 0 Å². The summed E-state index contributed by atoms with van der Waals surface area (Å²) >= 11 is 3.74. The van der Waals surface area contributed by atoms with E-state index in [2.05, 4.69) is 48.9 Å². The fourth-order valence-electron chi connectivity index (χ4n) is 6.19. The van der Waals surface area contributed by atoms with Gasteiger partial charge in [0.2, 0.25) is 0 Å². The van der Waals surface area contributed by atoms with Crippen LogP contribution in [0.4, 0.5) is 0 Å². The van der Waals surface area contributed by atoms with Crippen molar-refractivity contribution in [1.29, 1.82) is 0 Å². The minimum atomic E-state index is -0.0284. The molecule has 0 spiro atoms. The molecule has 3 heterocycles. The zero-order chi connectivity index (χ0) is 30.0. The fraction of sp³-hybridized carbons (Fsp3) is 0.632. The molecule has 0 aliphatic carbocycles. The summed E-state index contributed by atoms with van der Waals surface area (Å²) in [5.41, 5.74) is 7.82. The van der Waals surface area contributed by atoms with Crippen molar-refractivity contribution < 1.29 is 0 Å². The molecule has 5 heteroatoms. The van der Waals surface area contributed by atoms with Crippen LogP contribution in [0.3, 0.4) is 0 Å². The number of nitrogens with zero attached hydrogens (tertiary/aromatic N) is 2. The Hall–Kier alpha value is -1.26. The number of unbranched alkanes of at least 4 members (excludes halogenated alkanes) is 18. The normalized spacial score (nSPS) is 11.7. The summed E-state index contributed by atoms with van der Waals surface area (Å²) in [6.45, 7) is 4.59. The molecule has 0 aliphatic rings. The first-order valence-corrected chi connectivity index (χ1v) is 21.0. The molecule has 43 heavy (non-hydrogen) atoms. The van der Waals surface area contributed by atoms with E-state index in [0.717, 1.165) is 11.0 Å². The maximum atomic E-state index is 4.92. The molecule has 236 valence electrons. The zero-order valence-corrected chi connectivity index (χ0v) is 30.5. The Morgan fingerprint density at radius 1 is 0.488 bits per heavy atom. The van der Waals surface area contributed by atoms with Gasteiger partial charge in [-0.25, -0.2) is 0 Å². The van der Waals surface area contributed by atoms with Crippen molar-refractivity contribution in [1.82, 2.24) is 7.96 Å². The van der Waals surface area contributed by atoms with Crippen molar-refractivity contribution >= 4 is 48.7 Å². The minimum absolute atomic E-state index is 0.0284. The van der Waals surface area contributed by atoms with Crippen LogP contribution < -0.4 is 0 Å². The molecule has 4 rings (SSSR count). The summed E-state index contributed by atoms with van der Waals surface area (Å²) in [5, 5.41) is 4.75. The topological polar surface area (TPSA) is 25.8 Å². The second-order valence-electron chi connectivity index (χ2n) is 12.6. The Morgan fingerprint density at radius 2 is 0.837 bits per heavy atom. The van der Waals surface area contributed by atoms with Crippen LogP contribution in [-0.2, 0) is 12.8 Å². The van der Waals surface area contributed by atoms with Crippen LogP contribution in [0.5, 0.6) is 0 Å². The van der Waals surface area contributed by atoms with Crippen molar-refractivity contribution in [3.63, 3.8) is 0 Å². The summed E-state index contributed by atoms with van der Waals surface area (Å²) in [6.07, 6.45) is 30.3. The van der Waals surface area contributed by atoms with Crippen molar-refractivity contribution in [2.75, 3.05) is 0 Å². The number of benzene rings is 1. The van der Waals surface area contributed by atoms with Crippen LogP contribution in [0, 0.1) is 0 Å². The van der Waals surface area contributed by atoms with Crippen LogP contribution in [-0.4, -0.2) is 22.9 Å². The van der Waals surface area contributed by atoms with Gasteiger partial charge in [-0.2, -0.15) is 0 Å². The molecule has 0 bridgehead atoms. The van der Waals surface area contributed by atoms with Gasteiger partial charge < -0.3 is 0 Å². The molecule has 0 unspecified atom stereocenters. The average molecular weight is 684 g/mol. The predicted molar refractivity (Wildman–Crippen MR) is 194 cm³/mol. The van der Waals surface area contributed by atoms with E-state index in [0.29, 0.717) is 0 Å². The molecule has 0 atom stereocenters. The summed E-state index contributed by atoms with van der Waals surface area (Å²) in [4.78, 5) is 2.71. The van der Waals surface area contributed by atoms with Crippen LogP contribution in [0.15, 0.2) is 35.0 Å². The SMILES string of the molecule is CCCCCCCCCCCCc1csc(-c2ccc(-c3cc(CCCCCCCCCCCC)cs3)c3n[se]nc23)c1. The van der Waals surface area contributed by atoms with Crippen LogP contribution in [0.2, 0.25) is 0 Å². The molecular weight excluding hydrogens is 628 g/mol. The molecular formula is C38H56N2S2Se. The molecule has 0 N–H and O–H groups in total. The van der Waals surface area contributed by atoms with Gasteiger partial charge in [-0.3, -0.25) is 0 Å². The third-order valence-corrected chi connectivity index (χ3v) is 12.0. The van der Waals surface area contributed by atoms with Crippen LogP contribution in [0.25, 0.3) is 31.9 Å². The molecule has 3 aromatic heterocycles. The Kier molecular flexibility index (Phi) is 16.7. The molecule has 1 aromatic carbocycles. The van der Waals surface area contributed by atoms with Gasteiger partial charge in [0.1, 0.15) is 0 Å². The second kappa shape index (κ2) is 20.7. The number of fused-ring (bicyclic) bond motifs is 1. The number of hydrogen-bond donors (Lipinski definition) is 0. The van der Waals surface area contributed by atoms with Crippen molar-refractivity contribution in [2.45, 2.75) is 155 Å². The Labute approximate surface area is 277 Å². The van der Waals surface area contributed by atoms with Gasteiger partial charge in [-0.1, -0.05) is 78.1 Å². The standard InChI is InChI=1S/C38H56N2S2Se/c1-3-5-7-9-11-13-15-17-19-21-23-31-27-35(41-29-31)33-25-26-34(38-37(33)39-43-40-38)36-28-32(30-42-36)24-22-20-18-16-14-12-10-8-6-4-2/h25-30H,3-24H2,1-2H3. The molecule has 0 saturated carbocycles. The number of thiophene rings is 2. The summed E-state index contributed by atoms with van der Waals surface area (Å²) in [5.74, 6) is 0. The molecule has 0 saturated heterocycles. The van der Waals surface area contributed by atoms with Gasteiger partial charge in [0.15, 0.2) is 0 Å². The van der Waals surface area contributed by atoms with Crippen molar-refractivity contribution in [2.24, 2.45) is 0 Å². The number of rotatable bonds is 24. The Morgan fingerprint density at radius 3 is 1.21 bits per heavy atom. The van der Waals surface area contributed by atoms with E-state index in [1.54, 1.807) is 0 Å². The number of hydrogen-bond acceptors (Lipinski definition) is 4. The first kappa shape index (κ1) is 34.6. The van der Waals surface area contributed by atoms with Crippen LogP contribution in [0.1, 0.15) is 153 Å². The third kappa shape index (κ3) is 11.9. The maximum absolute atomic E-state index is 4.92. The molecule has 0 amide bonds. The Balaban J connectivity index is 1.21. The third-order valence-electron chi connectivity index (χ3n) is 8.89. The van der Waals surface area contributed by atoms with Crippen molar-refractivity contribution in [3.05, 3.63) is 46.2 Å². The summed E-state index contributed by atoms with van der Waals surface area (Å²) < 4.78 is 9.84. The number of aromatic nitrogens is 2. The van der Waals surface area contributed by atoms with E-state index >= 15 is 0 Å². The zero-order valence-electron chi connectivity index (χ0n) is 27.1. The molecule has 4 aromatic rings. The second-order valence-corrected chi connectivity index (χ2v) is 15.6. The molecule has 0 aliphatic heterocycles. The van der Waals surface area contributed by atoms with Gasteiger partial charge in [0.25, 0.3) is 0 Å². The van der Waals surface area contributed by atoms with E-state index in [-0.39, 0.29) is 15.0 Å². The van der Waals surface area contributed by atoms with E-state index in [9.17, 15) is 0 Å². The number of aryl methyl sites for hydroxylation is 2. The van der Waals surface area contributed by atoms with Crippen molar-refractivity contribution in [3.8, 4) is 20.9 Å². The van der Waals surface area contributed by atoms with Crippen LogP contribution >= 0.6 is 22.7 Å². The molecule has 2 nitrogen and oxygen atoms in total. The summed E-state index contributed by atoms with van der Waals surface area (Å²) in [7, 11) is 0. The van der Waals surface area contributed by atoms with E-state index in [4.69, 9.17) is 7.96 Å². The molecule has 0 radical (unpaired) electrons. The van der Waals surface area contributed by atoms with Gasteiger partial charge >= 0.3 is 201 Å². The molecule has 0 fully saturated rings. The van der Waals surface area contributed by atoms with Gasteiger partial charge in [-0.05, 0) is 0 Å². The quantitative estimate of drug-likeness (QED) is 0.0543. The van der Waals surface area contributed by atoms with Gasteiger partial charge in [-0.15, -0.1) is 0 Å². The first-order chi connectivity index (χ1) is 21.3. The average Bonchev–Trinajstić information content (AvgIpc) is 3.80. The Bertz CT molecular complexity index is 1190. The van der Waals surface area contributed by atoms with E-state index in [1.807, 2.05) is 22.7 Å². The summed E-state index contributed by atoms with van der Waals surface area (Å²) in [6, 6.07) is 9.47. The van der Waals surface area contributed by atoms with Gasteiger partial charge in [0, 0.05) is 0 Å². The van der Waals surface area contributed by atoms with Gasteiger partial charge in [0.05, 0.1) is 0 Å². The van der Waals surface area contributed by atoms with E-state index in [1.165, 1.54) is 173 Å². The monoisotopic (exact) mass is 684 g/mol.